The van der Waals surface area contributed by atoms with Crippen LogP contribution in [0.4, 0.5) is 10.5 Å². The summed E-state index contributed by atoms with van der Waals surface area (Å²) in [4.78, 5) is 34.0. The second-order valence-electron chi connectivity index (χ2n) is 7.94. The fourth-order valence-corrected chi connectivity index (χ4v) is 4.39. The van der Waals surface area contributed by atoms with Crippen LogP contribution in [0.3, 0.4) is 0 Å². The Bertz CT molecular complexity index is 1370. The Balaban J connectivity index is 1.72. The highest BCUT2D eigenvalue weighted by Gasteiger charge is 2.26. The van der Waals surface area contributed by atoms with Crippen molar-refractivity contribution in [2.45, 2.75) is 24.4 Å². The van der Waals surface area contributed by atoms with Crippen molar-refractivity contribution in [3.05, 3.63) is 99.6 Å². The van der Waals surface area contributed by atoms with Gasteiger partial charge in [-0.05, 0) is 61.2 Å². The summed E-state index contributed by atoms with van der Waals surface area (Å²) in [5, 5.41) is 3.91. The minimum atomic E-state index is -0.483. The van der Waals surface area contributed by atoms with Crippen LogP contribution in [0.5, 0.6) is 0 Å². The number of aromatic nitrogens is 2. The third-order valence-corrected chi connectivity index (χ3v) is 6.69. The van der Waals surface area contributed by atoms with Crippen LogP contribution in [0.2, 0.25) is 5.02 Å². The SMILES string of the molecule is CSc1ccc(NC(=O)N(Cc2ccccc2)C(C)c2nc3ccc(Cl)cc3c(=O)n2C)cc1. The first-order valence-corrected chi connectivity index (χ1v) is 12.4. The maximum absolute atomic E-state index is 13.5. The minimum Gasteiger partial charge on any atom is -0.310 e. The molecule has 0 aliphatic carbocycles. The Morgan fingerprint density at radius 1 is 1.12 bits per heavy atom. The van der Waals surface area contributed by atoms with Crippen molar-refractivity contribution >= 4 is 46.0 Å². The molecule has 1 unspecified atom stereocenters. The molecule has 2 amide bonds. The van der Waals surface area contributed by atoms with Gasteiger partial charge in [0.25, 0.3) is 5.56 Å². The average Bonchev–Trinajstić information content (AvgIpc) is 2.85. The zero-order chi connectivity index (χ0) is 24.2. The lowest BCUT2D eigenvalue weighted by Crippen LogP contribution is -2.39. The van der Waals surface area contributed by atoms with Gasteiger partial charge in [0, 0.05) is 29.2 Å². The Hall–Kier alpha value is -3.29. The topological polar surface area (TPSA) is 67.2 Å². The lowest BCUT2D eigenvalue weighted by Gasteiger charge is -2.30. The van der Waals surface area contributed by atoms with E-state index in [1.807, 2.05) is 67.8 Å². The molecule has 6 nitrogen and oxygen atoms in total. The van der Waals surface area contributed by atoms with Gasteiger partial charge in [-0.25, -0.2) is 9.78 Å². The molecule has 1 aromatic heterocycles. The highest BCUT2D eigenvalue weighted by Crippen LogP contribution is 2.25. The van der Waals surface area contributed by atoms with E-state index in [0.29, 0.717) is 34.0 Å². The summed E-state index contributed by atoms with van der Waals surface area (Å²) in [5.74, 6) is 0.489. The van der Waals surface area contributed by atoms with Gasteiger partial charge in [0.15, 0.2) is 0 Å². The van der Waals surface area contributed by atoms with E-state index in [1.54, 1.807) is 41.9 Å². The number of hydrogen-bond acceptors (Lipinski definition) is 4. The second-order valence-corrected chi connectivity index (χ2v) is 9.26. The molecule has 1 N–H and O–H groups in total. The van der Waals surface area contributed by atoms with E-state index in [1.165, 1.54) is 4.57 Å². The van der Waals surface area contributed by atoms with Gasteiger partial charge in [-0.2, -0.15) is 0 Å². The van der Waals surface area contributed by atoms with Crippen LogP contribution in [0.25, 0.3) is 10.9 Å². The summed E-state index contributed by atoms with van der Waals surface area (Å²) in [6, 6.07) is 21.7. The summed E-state index contributed by atoms with van der Waals surface area (Å²) < 4.78 is 1.49. The number of carbonyl (C=O) groups is 1. The number of nitrogens with one attached hydrogen (secondary N) is 1. The number of thioether (sulfide) groups is 1. The number of anilines is 1. The van der Waals surface area contributed by atoms with Crippen LogP contribution in [0.15, 0.2) is 82.5 Å². The molecule has 3 aromatic carbocycles. The Labute approximate surface area is 207 Å². The molecule has 174 valence electrons. The predicted octanol–water partition coefficient (Wildman–Crippen LogP) is 6.10. The van der Waals surface area contributed by atoms with Gasteiger partial charge in [0.2, 0.25) is 0 Å². The molecule has 0 bridgehead atoms. The summed E-state index contributed by atoms with van der Waals surface area (Å²) in [6.07, 6.45) is 2.01. The van der Waals surface area contributed by atoms with Gasteiger partial charge in [-0.1, -0.05) is 41.9 Å². The van der Waals surface area contributed by atoms with E-state index >= 15 is 0 Å². The van der Waals surface area contributed by atoms with Crippen molar-refractivity contribution in [1.29, 1.82) is 0 Å². The summed E-state index contributed by atoms with van der Waals surface area (Å²) >= 11 is 7.72. The molecule has 0 fully saturated rings. The summed E-state index contributed by atoms with van der Waals surface area (Å²) in [6.45, 7) is 2.23. The predicted molar refractivity (Wildman–Crippen MR) is 140 cm³/mol. The molecule has 1 atom stereocenters. The van der Waals surface area contributed by atoms with Crippen molar-refractivity contribution < 1.29 is 4.79 Å². The molecular weight excluding hydrogens is 468 g/mol. The normalized spacial score (nSPS) is 11.9. The highest BCUT2D eigenvalue weighted by molar-refractivity contribution is 7.98. The number of rotatable bonds is 6. The molecule has 34 heavy (non-hydrogen) atoms. The van der Waals surface area contributed by atoms with Gasteiger partial charge in [0.05, 0.1) is 16.9 Å². The smallest absolute Gasteiger partial charge is 0.310 e. The maximum atomic E-state index is 13.5. The quantitative estimate of drug-likeness (QED) is 0.330. The largest absolute Gasteiger partial charge is 0.322 e. The molecule has 0 spiro atoms. The number of urea groups is 1. The first-order valence-electron chi connectivity index (χ1n) is 10.8. The molecule has 4 rings (SSSR count). The first-order chi connectivity index (χ1) is 16.4. The number of nitrogens with zero attached hydrogens (tertiary/aromatic N) is 3. The van der Waals surface area contributed by atoms with Crippen LogP contribution >= 0.6 is 23.4 Å². The number of amides is 2. The van der Waals surface area contributed by atoms with Crippen molar-refractivity contribution in [3.8, 4) is 0 Å². The molecule has 0 radical (unpaired) electrons. The van der Waals surface area contributed by atoms with Gasteiger partial charge in [-0.15, -0.1) is 11.8 Å². The van der Waals surface area contributed by atoms with Crippen molar-refractivity contribution in [3.63, 3.8) is 0 Å². The molecule has 0 saturated heterocycles. The third-order valence-electron chi connectivity index (χ3n) is 5.71. The third kappa shape index (κ3) is 5.11. The van der Waals surface area contributed by atoms with Crippen LogP contribution < -0.4 is 10.9 Å². The zero-order valence-corrected chi connectivity index (χ0v) is 20.7. The van der Waals surface area contributed by atoms with E-state index in [0.717, 1.165) is 10.5 Å². The molecule has 1 heterocycles. The zero-order valence-electron chi connectivity index (χ0n) is 19.2. The van der Waals surface area contributed by atoms with Crippen LogP contribution in [-0.2, 0) is 13.6 Å². The van der Waals surface area contributed by atoms with Crippen LogP contribution in [0, 0.1) is 0 Å². The Morgan fingerprint density at radius 2 is 1.82 bits per heavy atom. The molecule has 0 saturated carbocycles. The van der Waals surface area contributed by atoms with Gasteiger partial charge in [0.1, 0.15) is 5.82 Å². The number of fused-ring (bicyclic) bond motifs is 1. The van der Waals surface area contributed by atoms with Crippen molar-refractivity contribution in [2.75, 3.05) is 11.6 Å². The molecule has 0 aliphatic rings. The van der Waals surface area contributed by atoms with Gasteiger partial charge >= 0.3 is 6.03 Å². The minimum absolute atomic E-state index is 0.206. The lowest BCUT2D eigenvalue weighted by atomic mass is 10.1. The molecule has 4 aromatic rings. The Kier molecular flexibility index (Phi) is 7.24. The summed E-state index contributed by atoms with van der Waals surface area (Å²) in [7, 11) is 1.67. The van der Waals surface area contributed by atoms with Crippen LogP contribution in [-0.4, -0.2) is 26.7 Å². The van der Waals surface area contributed by atoms with E-state index in [9.17, 15) is 9.59 Å². The number of carbonyl (C=O) groups excluding carboxylic acids is 1. The molecule has 0 aliphatic heterocycles. The number of hydrogen-bond donors (Lipinski definition) is 1. The molecule has 8 heteroatoms. The van der Waals surface area contributed by atoms with Crippen molar-refractivity contribution in [2.24, 2.45) is 7.05 Å². The number of benzene rings is 3. The Morgan fingerprint density at radius 3 is 2.50 bits per heavy atom. The average molecular weight is 493 g/mol. The monoisotopic (exact) mass is 492 g/mol. The van der Waals surface area contributed by atoms with E-state index in [2.05, 4.69) is 5.32 Å². The fraction of sp³-hybridized carbons (Fsp3) is 0.192. The van der Waals surface area contributed by atoms with Gasteiger partial charge in [-0.3, -0.25) is 9.36 Å². The van der Waals surface area contributed by atoms with Crippen molar-refractivity contribution in [1.82, 2.24) is 14.5 Å². The maximum Gasteiger partial charge on any atom is 0.322 e. The highest BCUT2D eigenvalue weighted by atomic mass is 35.5. The standard InChI is InChI=1S/C26H25ClN4O2S/c1-17(24-29-23-14-9-19(27)15-22(23)25(32)30(24)2)31(16-18-7-5-4-6-8-18)26(33)28-20-10-12-21(34-3)13-11-20/h4-15,17H,16H2,1-3H3,(H,28,33). The lowest BCUT2D eigenvalue weighted by molar-refractivity contribution is 0.185. The van der Waals surface area contributed by atoms with E-state index < -0.39 is 6.04 Å². The van der Waals surface area contributed by atoms with Gasteiger partial charge < -0.3 is 10.2 Å². The summed E-state index contributed by atoms with van der Waals surface area (Å²) in [5.41, 5.74) is 2.01. The second kappa shape index (κ2) is 10.3. The number of halogens is 1. The van der Waals surface area contributed by atoms with E-state index in [-0.39, 0.29) is 11.6 Å². The first kappa shape index (κ1) is 23.9. The van der Waals surface area contributed by atoms with E-state index in [4.69, 9.17) is 16.6 Å². The molecular formula is C26H25ClN4O2S. The van der Waals surface area contributed by atoms with Crippen LogP contribution in [0.1, 0.15) is 24.4 Å². The fourth-order valence-electron chi connectivity index (χ4n) is 3.81.